The molecule has 3 nitrogen and oxygen atoms in total. The highest BCUT2D eigenvalue weighted by atomic mass is 35.5. The standard InChI is InChI=1S/C13H16ClN3/c1-3-7-17(4-2)12-6-5-10-8-11(14)9-15-13(10)16-12/h5-6,8-9H,3-4,7H2,1-2H3. The van der Waals surface area contributed by atoms with Crippen LogP contribution < -0.4 is 4.90 Å². The molecule has 0 aliphatic rings. The molecule has 0 unspecified atom stereocenters. The van der Waals surface area contributed by atoms with E-state index in [4.69, 9.17) is 11.6 Å². The minimum atomic E-state index is 0.646. The Morgan fingerprint density at radius 3 is 2.82 bits per heavy atom. The van der Waals surface area contributed by atoms with E-state index < -0.39 is 0 Å². The minimum Gasteiger partial charge on any atom is -0.357 e. The zero-order chi connectivity index (χ0) is 12.3. The molecule has 4 heteroatoms. The van der Waals surface area contributed by atoms with Crippen LogP contribution in [0.15, 0.2) is 24.4 Å². The van der Waals surface area contributed by atoms with Crippen molar-refractivity contribution in [3.63, 3.8) is 0 Å². The summed E-state index contributed by atoms with van der Waals surface area (Å²) in [4.78, 5) is 11.1. The Labute approximate surface area is 106 Å². The molecule has 0 fully saturated rings. The normalized spacial score (nSPS) is 10.8. The Hall–Kier alpha value is -1.35. The van der Waals surface area contributed by atoms with Crippen molar-refractivity contribution in [3.05, 3.63) is 29.4 Å². The van der Waals surface area contributed by atoms with Gasteiger partial charge in [-0.25, -0.2) is 9.97 Å². The van der Waals surface area contributed by atoms with E-state index in [-0.39, 0.29) is 0 Å². The molecule has 0 amide bonds. The van der Waals surface area contributed by atoms with Gasteiger partial charge < -0.3 is 4.90 Å². The summed E-state index contributed by atoms with van der Waals surface area (Å²) in [5, 5.41) is 1.63. The summed E-state index contributed by atoms with van der Waals surface area (Å²) in [6.45, 7) is 6.28. The number of hydrogen-bond acceptors (Lipinski definition) is 3. The van der Waals surface area contributed by atoms with Crippen LogP contribution in [0.1, 0.15) is 20.3 Å². The van der Waals surface area contributed by atoms with Crippen molar-refractivity contribution >= 4 is 28.5 Å². The largest absolute Gasteiger partial charge is 0.357 e. The van der Waals surface area contributed by atoms with Crippen LogP contribution in [0.4, 0.5) is 5.82 Å². The molecule has 0 aliphatic carbocycles. The molecule has 0 N–H and O–H groups in total. The Balaban J connectivity index is 2.40. The van der Waals surface area contributed by atoms with Gasteiger partial charge in [-0.15, -0.1) is 0 Å². The van der Waals surface area contributed by atoms with E-state index in [1.54, 1.807) is 6.20 Å². The van der Waals surface area contributed by atoms with Gasteiger partial charge in [0.1, 0.15) is 5.82 Å². The molecular formula is C13H16ClN3. The first-order valence-corrected chi connectivity index (χ1v) is 6.29. The molecule has 0 saturated heterocycles. The molecule has 0 saturated carbocycles. The van der Waals surface area contributed by atoms with Crippen molar-refractivity contribution in [2.75, 3.05) is 18.0 Å². The summed E-state index contributed by atoms with van der Waals surface area (Å²) >= 11 is 5.90. The number of halogens is 1. The number of pyridine rings is 2. The highest BCUT2D eigenvalue weighted by Gasteiger charge is 2.06. The van der Waals surface area contributed by atoms with Crippen LogP contribution in [0, 0.1) is 0 Å². The number of nitrogens with zero attached hydrogens (tertiary/aromatic N) is 3. The highest BCUT2D eigenvalue weighted by Crippen LogP contribution is 2.19. The first-order valence-electron chi connectivity index (χ1n) is 5.91. The second-order valence-electron chi connectivity index (χ2n) is 3.95. The van der Waals surface area contributed by atoms with Crippen LogP contribution in [0.3, 0.4) is 0 Å². The van der Waals surface area contributed by atoms with Gasteiger partial charge in [-0.3, -0.25) is 0 Å². The Morgan fingerprint density at radius 2 is 2.12 bits per heavy atom. The second kappa shape index (κ2) is 5.32. The van der Waals surface area contributed by atoms with Crippen molar-refractivity contribution in [2.24, 2.45) is 0 Å². The van der Waals surface area contributed by atoms with Gasteiger partial charge in [-0.1, -0.05) is 18.5 Å². The summed E-state index contributed by atoms with van der Waals surface area (Å²) in [5.74, 6) is 0.983. The van der Waals surface area contributed by atoms with Gasteiger partial charge in [0, 0.05) is 24.7 Å². The molecular weight excluding hydrogens is 234 g/mol. The smallest absolute Gasteiger partial charge is 0.161 e. The molecule has 0 aromatic carbocycles. The van der Waals surface area contributed by atoms with Crippen molar-refractivity contribution in [1.29, 1.82) is 0 Å². The maximum atomic E-state index is 5.90. The number of aromatic nitrogens is 2. The zero-order valence-corrected chi connectivity index (χ0v) is 10.9. The molecule has 2 aromatic rings. The summed E-state index contributed by atoms with van der Waals surface area (Å²) in [6, 6.07) is 5.94. The predicted molar refractivity (Wildman–Crippen MR) is 72.7 cm³/mol. The summed E-state index contributed by atoms with van der Waals surface area (Å²) in [5.41, 5.74) is 0.751. The predicted octanol–water partition coefficient (Wildman–Crippen LogP) is 3.52. The summed E-state index contributed by atoms with van der Waals surface area (Å²) in [6.07, 6.45) is 2.75. The van der Waals surface area contributed by atoms with Crippen molar-refractivity contribution in [1.82, 2.24) is 9.97 Å². The van der Waals surface area contributed by atoms with Gasteiger partial charge in [0.25, 0.3) is 0 Å². The van der Waals surface area contributed by atoms with E-state index >= 15 is 0 Å². The van der Waals surface area contributed by atoms with Crippen LogP contribution in [0.5, 0.6) is 0 Å². The molecule has 2 heterocycles. The lowest BCUT2D eigenvalue weighted by Crippen LogP contribution is -2.24. The highest BCUT2D eigenvalue weighted by molar-refractivity contribution is 6.31. The topological polar surface area (TPSA) is 29.0 Å². The van der Waals surface area contributed by atoms with Crippen LogP contribution in [0.25, 0.3) is 11.0 Å². The molecule has 0 spiro atoms. The molecule has 0 atom stereocenters. The molecule has 90 valence electrons. The first-order chi connectivity index (χ1) is 8.24. The number of rotatable bonds is 4. The molecule has 0 radical (unpaired) electrons. The number of anilines is 1. The third-order valence-corrected chi connectivity index (χ3v) is 2.90. The van der Waals surface area contributed by atoms with E-state index in [0.29, 0.717) is 5.02 Å². The average molecular weight is 250 g/mol. The van der Waals surface area contributed by atoms with Gasteiger partial charge in [-0.2, -0.15) is 0 Å². The lowest BCUT2D eigenvalue weighted by atomic mass is 10.3. The Kier molecular flexibility index (Phi) is 3.79. The lowest BCUT2D eigenvalue weighted by Gasteiger charge is -2.21. The van der Waals surface area contributed by atoms with Crippen LogP contribution in [0.2, 0.25) is 5.02 Å². The van der Waals surface area contributed by atoms with Gasteiger partial charge in [0.2, 0.25) is 0 Å². The third-order valence-electron chi connectivity index (χ3n) is 2.69. The molecule has 17 heavy (non-hydrogen) atoms. The number of fused-ring (bicyclic) bond motifs is 1. The van der Waals surface area contributed by atoms with E-state index in [1.807, 2.05) is 18.2 Å². The second-order valence-corrected chi connectivity index (χ2v) is 4.39. The SMILES string of the molecule is CCCN(CC)c1ccc2cc(Cl)cnc2n1. The van der Waals surface area contributed by atoms with Gasteiger partial charge in [0.05, 0.1) is 5.02 Å². The van der Waals surface area contributed by atoms with Crippen molar-refractivity contribution in [3.8, 4) is 0 Å². The fourth-order valence-corrected chi connectivity index (χ4v) is 2.02. The fourth-order valence-electron chi connectivity index (χ4n) is 1.85. The van der Waals surface area contributed by atoms with Gasteiger partial charge in [0.15, 0.2) is 5.65 Å². The quantitative estimate of drug-likeness (QED) is 0.830. The molecule has 2 aromatic heterocycles. The van der Waals surface area contributed by atoms with Gasteiger partial charge in [-0.05, 0) is 31.5 Å². The van der Waals surface area contributed by atoms with Crippen LogP contribution in [-0.2, 0) is 0 Å². The van der Waals surface area contributed by atoms with E-state index in [2.05, 4.69) is 28.7 Å². The third kappa shape index (κ3) is 2.67. The Morgan fingerprint density at radius 1 is 1.29 bits per heavy atom. The summed E-state index contributed by atoms with van der Waals surface area (Å²) in [7, 11) is 0. The molecule has 0 bridgehead atoms. The monoisotopic (exact) mass is 249 g/mol. The van der Waals surface area contributed by atoms with Crippen LogP contribution in [-0.4, -0.2) is 23.1 Å². The molecule has 2 rings (SSSR count). The number of hydrogen-bond donors (Lipinski definition) is 0. The fraction of sp³-hybridized carbons (Fsp3) is 0.385. The van der Waals surface area contributed by atoms with E-state index in [0.717, 1.165) is 36.4 Å². The van der Waals surface area contributed by atoms with Crippen LogP contribution >= 0.6 is 11.6 Å². The average Bonchev–Trinajstić information content (AvgIpc) is 2.35. The van der Waals surface area contributed by atoms with Gasteiger partial charge >= 0.3 is 0 Å². The Bertz CT molecular complexity index is 513. The minimum absolute atomic E-state index is 0.646. The van der Waals surface area contributed by atoms with Crippen molar-refractivity contribution in [2.45, 2.75) is 20.3 Å². The zero-order valence-electron chi connectivity index (χ0n) is 10.2. The molecule has 0 aliphatic heterocycles. The summed E-state index contributed by atoms with van der Waals surface area (Å²) < 4.78 is 0. The maximum absolute atomic E-state index is 5.90. The van der Waals surface area contributed by atoms with E-state index in [1.165, 1.54) is 0 Å². The van der Waals surface area contributed by atoms with E-state index in [9.17, 15) is 0 Å². The lowest BCUT2D eigenvalue weighted by molar-refractivity contribution is 0.780. The maximum Gasteiger partial charge on any atom is 0.161 e. The first kappa shape index (κ1) is 12.1. The van der Waals surface area contributed by atoms with Crippen molar-refractivity contribution < 1.29 is 0 Å².